The molecular formula is C14H28N2O. The normalized spacial score (nSPS) is 30.9. The summed E-state index contributed by atoms with van der Waals surface area (Å²) in [6.45, 7) is 6.42. The van der Waals surface area contributed by atoms with E-state index in [2.05, 4.69) is 26.1 Å². The Morgan fingerprint density at radius 2 is 2.18 bits per heavy atom. The van der Waals surface area contributed by atoms with Gasteiger partial charge in [0, 0.05) is 12.1 Å². The van der Waals surface area contributed by atoms with Crippen molar-refractivity contribution in [3.63, 3.8) is 0 Å². The molecule has 4 unspecified atom stereocenters. The first-order chi connectivity index (χ1) is 8.06. The van der Waals surface area contributed by atoms with E-state index in [1.54, 1.807) is 0 Å². The van der Waals surface area contributed by atoms with E-state index in [0.29, 0.717) is 5.92 Å². The van der Waals surface area contributed by atoms with Gasteiger partial charge in [0.1, 0.15) is 0 Å². The lowest BCUT2D eigenvalue weighted by Gasteiger charge is -2.34. The zero-order chi connectivity index (χ0) is 12.8. The highest BCUT2D eigenvalue weighted by molar-refractivity contribution is 5.80. The lowest BCUT2D eigenvalue weighted by atomic mass is 9.76. The van der Waals surface area contributed by atoms with Gasteiger partial charge < -0.3 is 11.1 Å². The van der Waals surface area contributed by atoms with Crippen molar-refractivity contribution < 1.29 is 4.79 Å². The number of carbonyl (C=O) groups excluding carboxylic acids is 1. The van der Waals surface area contributed by atoms with Gasteiger partial charge >= 0.3 is 0 Å². The fourth-order valence-corrected chi connectivity index (χ4v) is 2.83. The van der Waals surface area contributed by atoms with Crippen LogP contribution in [0.25, 0.3) is 0 Å². The van der Waals surface area contributed by atoms with Crippen molar-refractivity contribution in [2.75, 3.05) is 0 Å². The van der Waals surface area contributed by atoms with Gasteiger partial charge in [-0.3, -0.25) is 4.79 Å². The number of hydrogen-bond acceptors (Lipinski definition) is 2. The first-order valence-electron chi connectivity index (χ1n) is 7.12. The van der Waals surface area contributed by atoms with E-state index in [9.17, 15) is 4.79 Å². The molecule has 0 spiro atoms. The van der Waals surface area contributed by atoms with Gasteiger partial charge in [-0.15, -0.1) is 0 Å². The number of amides is 1. The number of unbranched alkanes of at least 4 members (excludes halogenated alkanes) is 1. The van der Waals surface area contributed by atoms with Crippen LogP contribution >= 0.6 is 0 Å². The quantitative estimate of drug-likeness (QED) is 0.775. The minimum Gasteiger partial charge on any atom is -0.353 e. The zero-order valence-electron chi connectivity index (χ0n) is 11.5. The van der Waals surface area contributed by atoms with E-state index in [1.165, 1.54) is 12.8 Å². The Kier molecular flexibility index (Phi) is 5.96. The Labute approximate surface area is 106 Å². The van der Waals surface area contributed by atoms with E-state index >= 15 is 0 Å². The molecule has 3 heteroatoms. The van der Waals surface area contributed by atoms with Crippen molar-refractivity contribution in [2.24, 2.45) is 17.6 Å². The Hall–Kier alpha value is -0.570. The van der Waals surface area contributed by atoms with Gasteiger partial charge in [0.15, 0.2) is 0 Å². The summed E-state index contributed by atoms with van der Waals surface area (Å²) in [4.78, 5) is 12.2. The maximum absolute atomic E-state index is 12.2. The van der Waals surface area contributed by atoms with Crippen LogP contribution in [0.3, 0.4) is 0 Å². The van der Waals surface area contributed by atoms with Crippen LogP contribution in [-0.4, -0.2) is 18.0 Å². The molecule has 100 valence electrons. The standard InChI is InChI=1S/C14H28N2O/c1-4-5-8-11(3)16-14(17)13-10(2)7-6-9-12(13)15/h10-13H,4-9,15H2,1-3H3,(H,16,17). The molecule has 0 aromatic heterocycles. The van der Waals surface area contributed by atoms with Gasteiger partial charge in [0.05, 0.1) is 5.92 Å². The summed E-state index contributed by atoms with van der Waals surface area (Å²) >= 11 is 0. The Balaban J connectivity index is 2.44. The number of nitrogens with one attached hydrogen (secondary N) is 1. The van der Waals surface area contributed by atoms with Crippen LogP contribution in [0.5, 0.6) is 0 Å². The van der Waals surface area contributed by atoms with E-state index in [0.717, 1.165) is 25.7 Å². The Morgan fingerprint density at radius 1 is 1.47 bits per heavy atom. The smallest absolute Gasteiger partial charge is 0.225 e. The molecule has 3 N–H and O–H groups in total. The van der Waals surface area contributed by atoms with E-state index < -0.39 is 0 Å². The van der Waals surface area contributed by atoms with Crippen molar-refractivity contribution in [1.82, 2.24) is 5.32 Å². The summed E-state index contributed by atoms with van der Waals surface area (Å²) in [5, 5.41) is 3.13. The molecule has 1 saturated carbocycles. The SMILES string of the molecule is CCCCC(C)NC(=O)C1C(C)CCCC1N. The number of carbonyl (C=O) groups is 1. The molecule has 17 heavy (non-hydrogen) atoms. The molecule has 4 atom stereocenters. The third kappa shape index (κ3) is 4.30. The van der Waals surface area contributed by atoms with Crippen LogP contribution in [0.2, 0.25) is 0 Å². The first kappa shape index (κ1) is 14.5. The molecule has 0 aliphatic heterocycles. The van der Waals surface area contributed by atoms with Crippen molar-refractivity contribution >= 4 is 5.91 Å². The molecule has 0 heterocycles. The van der Waals surface area contributed by atoms with Crippen molar-refractivity contribution in [2.45, 2.75) is 71.4 Å². The Morgan fingerprint density at radius 3 is 2.76 bits per heavy atom. The second kappa shape index (κ2) is 7.00. The molecule has 1 aliphatic carbocycles. The second-order valence-electron chi connectivity index (χ2n) is 5.65. The third-order valence-corrected chi connectivity index (χ3v) is 3.95. The van der Waals surface area contributed by atoms with Gasteiger partial charge in [-0.2, -0.15) is 0 Å². The topological polar surface area (TPSA) is 55.1 Å². The molecule has 0 aromatic carbocycles. The average molecular weight is 240 g/mol. The lowest BCUT2D eigenvalue weighted by Crippen LogP contribution is -2.49. The van der Waals surface area contributed by atoms with Gasteiger partial charge in [-0.05, 0) is 32.1 Å². The predicted octanol–water partition coefficient (Wildman–Crippen LogP) is 2.44. The monoisotopic (exact) mass is 240 g/mol. The van der Waals surface area contributed by atoms with Crippen LogP contribution in [-0.2, 0) is 4.79 Å². The zero-order valence-corrected chi connectivity index (χ0v) is 11.5. The molecule has 1 fully saturated rings. The van der Waals surface area contributed by atoms with E-state index in [-0.39, 0.29) is 23.9 Å². The van der Waals surface area contributed by atoms with Crippen molar-refractivity contribution in [3.05, 3.63) is 0 Å². The maximum atomic E-state index is 12.2. The molecule has 0 aromatic rings. The number of nitrogens with two attached hydrogens (primary N) is 1. The predicted molar refractivity (Wildman–Crippen MR) is 71.6 cm³/mol. The first-order valence-corrected chi connectivity index (χ1v) is 7.12. The van der Waals surface area contributed by atoms with Gasteiger partial charge in [0.25, 0.3) is 0 Å². The third-order valence-electron chi connectivity index (χ3n) is 3.95. The highest BCUT2D eigenvalue weighted by Gasteiger charge is 2.34. The van der Waals surface area contributed by atoms with Gasteiger partial charge in [-0.1, -0.05) is 33.1 Å². The highest BCUT2D eigenvalue weighted by Crippen LogP contribution is 2.29. The fraction of sp³-hybridized carbons (Fsp3) is 0.929. The largest absolute Gasteiger partial charge is 0.353 e. The van der Waals surface area contributed by atoms with Gasteiger partial charge in [-0.25, -0.2) is 0 Å². The molecule has 0 bridgehead atoms. The molecule has 1 aliphatic rings. The summed E-state index contributed by atoms with van der Waals surface area (Å²) in [6, 6.07) is 0.334. The summed E-state index contributed by atoms with van der Waals surface area (Å²) in [7, 11) is 0. The molecule has 1 rings (SSSR count). The van der Waals surface area contributed by atoms with Crippen LogP contribution in [0.4, 0.5) is 0 Å². The molecule has 1 amide bonds. The van der Waals surface area contributed by atoms with Crippen LogP contribution in [0.1, 0.15) is 59.3 Å². The molecule has 0 saturated heterocycles. The highest BCUT2D eigenvalue weighted by atomic mass is 16.2. The van der Waals surface area contributed by atoms with Gasteiger partial charge in [0.2, 0.25) is 5.91 Å². The lowest BCUT2D eigenvalue weighted by molar-refractivity contribution is -0.128. The molecule has 3 nitrogen and oxygen atoms in total. The summed E-state index contributed by atoms with van der Waals surface area (Å²) in [5.41, 5.74) is 6.09. The molecular weight excluding hydrogens is 212 g/mol. The van der Waals surface area contributed by atoms with E-state index in [4.69, 9.17) is 5.73 Å². The van der Waals surface area contributed by atoms with Crippen molar-refractivity contribution in [1.29, 1.82) is 0 Å². The van der Waals surface area contributed by atoms with Crippen LogP contribution < -0.4 is 11.1 Å². The summed E-state index contributed by atoms with van der Waals surface area (Å²) < 4.78 is 0. The van der Waals surface area contributed by atoms with E-state index in [1.807, 2.05) is 0 Å². The second-order valence-corrected chi connectivity index (χ2v) is 5.65. The average Bonchev–Trinajstić information content (AvgIpc) is 2.26. The van der Waals surface area contributed by atoms with Crippen molar-refractivity contribution in [3.8, 4) is 0 Å². The fourth-order valence-electron chi connectivity index (χ4n) is 2.83. The maximum Gasteiger partial charge on any atom is 0.225 e. The Bertz CT molecular complexity index is 232. The van der Waals surface area contributed by atoms with Crippen LogP contribution in [0.15, 0.2) is 0 Å². The molecule has 0 radical (unpaired) electrons. The summed E-state index contributed by atoms with van der Waals surface area (Å²) in [6.07, 6.45) is 6.71. The van der Waals surface area contributed by atoms with Crippen LogP contribution in [0, 0.1) is 11.8 Å². The number of hydrogen-bond donors (Lipinski definition) is 2. The number of rotatable bonds is 5. The minimum atomic E-state index is 0.0211. The minimum absolute atomic E-state index is 0.0211. The summed E-state index contributed by atoms with van der Waals surface area (Å²) in [5.74, 6) is 0.623.